The first-order chi connectivity index (χ1) is 15.9. The van der Waals surface area contributed by atoms with Crippen molar-refractivity contribution in [3.05, 3.63) is 112 Å². The van der Waals surface area contributed by atoms with Gasteiger partial charge in [0.2, 0.25) is 0 Å². The van der Waals surface area contributed by atoms with Crippen LogP contribution in [0.5, 0.6) is 0 Å². The van der Waals surface area contributed by atoms with Gasteiger partial charge in [-0.25, -0.2) is 5.43 Å². The predicted molar refractivity (Wildman–Crippen MR) is 131 cm³/mol. The van der Waals surface area contributed by atoms with Gasteiger partial charge in [0.1, 0.15) is 11.5 Å². The van der Waals surface area contributed by atoms with Crippen molar-refractivity contribution in [2.75, 3.05) is 6.54 Å². The van der Waals surface area contributed by atoms with Crippen molar-refractivity contribution < 1.29 is 9.84 Å². The van der Waals surface area contributed by atoms with E-state index in [1.165, 1.54) is 5.56 Å². The molecule has 2 aromatic rings. The maximum Gasteiger partial charge on any atom is 0.163 e. The van der Waals surface area contributed by atoms with Gasteiger partial charge in [-0.3, -0.25) is 5.01 Å². The highest BCUT2D eigenvalue weighted by molar-refractivity contribution is 5.70. The molecule has 3 N–H and O–H groups in total. The van der Waals surface area contributed by atoms with Crippen LogP contribution < -0.4 is 10.7 Å². The molecule has 0 amide bonds. The zero-order chi connectivity index (χ0) is 23.0. The number of nitrogens with zero attached hydrogens (tertiary/aromatic N) is 1. The Hall–Kier alpha value is -3.28. The van der Waals surface area contributed by atoms with E-state index in [2.05, 4.69) is 60.1 Å². The first-order valence-electron chi connectivity index (χ1n) is 11.6. The minimum absolute atomic E-state index is 0.500. The Kier molecular flexibility index (Phi) is 5.60. The fraction of sp³-hybridized carbons (Fsp3) is 0.286. The molecule has 0 bridgehead atoms. The molecule has 5 rings (SSSR count). The van der Waals surface area contributed by atoms with Crippen LogP contribution in [0.3, 0.4) is 0 Å². The molecule has 5 nitrogen and oxygen atoms in total. The lowest BCUT2D eigenvalue weighted by Gasteiger charge is -2.48. The van der Waals surface area contributed by atoms with Crippen molar-refractivity contribution in [1.82, 2.24) is 15.8 Å². The molecular formula is C28H31N3O2. The molecule has 33 heavy (non-hydrogen) atoms. The van der Waals surface area contributed by atoms with Gasteiger partial charge >= 0.3 is 0 Å². The smallest absolute Gasteiger partial charge is 0.163 e. The fourth-order valence-electron chi connectivity index (χ4n) is 4.65. The van der Waals surface area contributed by atoms with Crippen molar-refractivity contribution in [3.8, 4) is 0 Å². The first kappa shape index (κ1) is 21.6. The molecule has 2 aliphatic heterocycles. The second kappa shape index (κ2) is 8.58. The highest BCUT2D eigenvalue weighted by Gasteiger charge is 2.41. The number of hydrazine groups is 1. The topological polar surface area (TPSA) is 56.8 Å². The van der Waals surface area contributed by atoms with Gasteiger partial charge in [0.15, 0.2) is 6.23 Å². The number of fused-ring (bicyclic) bond motifs is 1. The van der Waals surface area contributed by atoms with Gasteiger partial charge in [0.05, 0.1) is 11.2 Å². The SMILES string of the molecule is CC1=C(c2ccccc2)OC2=CC3=C(CC2=C1)NC(C)(C)[C@@H](O)N3NCCc1ccccc1. The van der Waals surface area contributed by atoms with Gasteiger partial charge in [0.25, 0.3) is 0 Å². The maximum atomic E-state index is 11.2. The van der Waals surface area contributed by atoms with E-state index in [-0.39, 0.29) is 0 Å². The van der Waals surface area contributed by atoms with Crippen LogP contribution in [0.2, 0.25) is 0 Å². The van der Waals surface area contributed by atoms with Crippen molar-refractivity contribution in [1.29, 1.82) is 0 Å². The van der Waals surface area contributed by atoms with Gasteiger partial charge in [0, 0.05) is 35.9 Å². The van der Waals surface area contributed by atoms with Crippen LogP contribution in [0.15, 0.2) is 101 Å². The van der Waals surface area contributed by atoms with Gasteiger partial charge in [-0.15, -0.1) is 0 Å². The molecule has 1 aliphatic carbocycles. The molecule has 2 heterocycles. The third kappa shape index (κ3) is 4.22. The Morgan fingerprint density at radius 3 is 2.48 bits per heavy atom. The summed E-state index contributed by atoms with van der Waals surface area (Å²) in [6, 6.07) is 20.6. The number of rotatable bonds is 5. The summed E-state index contributed by atoms with van der Waals surface area (Å²) in [7, 11) is 0. The Morgan fingerprint density at radius 1 is 1.06 bits per heavy atom. The van der Waals surface area contributed by atoms with Crippen molar-refractivity contribution in [2.24, 2.45) is 0 Å². The van der Waals surface area contributed by atoms with Crippen LogP contribution in [0.4, 0.5) is 0 Å². The fourth-order valence-corrected chi connectivity index (χ4v) is 4.65. The summed E-state index contributed by atoms with van der Waals surface area (Å²) in [6.45, 7) is 6.86. The minimum Gasteiger partial charge on any atom is -0.456 e. The van der Waals surface area contributed by atoms with E-state index in [1.807, 2.05) is 49.2 Å². The molecule has 1 atom stereocenters. The number of nitrogens with one attached hydrogen (secondary N) is 2. The Morgan fingerprint density at radius 2 is 1.76 bits per heavy atom. The van der Waals surface area contributed by atoms with Gasteiger partial charge in [-0.1, -0.05) is 60.7 Å². The molecule has 0 radical (unpaired) electrons. The van der Waals surface area contributed by atoms with Crippen molar-refractivity contribution in [3.63, 3.8) is 0 Å². The number of hydrogen-bond acceptors (Lipinski definition) is 5. The molecular weight excluding hydrogens is 410 g/mol. The van der Waals surface area contributed by atoms with E-state index in [4.69, 9.17) is 4.74 Å². The average molecular weight is 442 g/mol. The van der Waals surface area contributed by atoms with Gasteiger partial charge < -0.3 is 15.2 Å². The van der Waals surface area contributed by atoms with Crippen LogP contribution in [-0.4, -0.2) is 28.4 Å². The molecule has 3 aliphatic rings. The average Bonchev–Trinajstić information content (AvgIpc) is 2.81. The van der Waals surface area contributed by atoms with E-state index in [0.29, 0.717) is 0 Å². The lowest BCUT2D eigenvalue weighted by molar-refractivity contribution is -0.0690. The summed E-state index contributed by atoms with van der Waals surface area (Å²) in [4.78, 5) is 0. The second-order valence-electron chi connectivity index (χ2n) is 9.43. The molecule has 0 unspecified atom stereocenters. The van der Waals surface area contributed by atoms with Crippen LogP contribution in [0.25, 0.3) is 5.76 Å². The van der Waals surface area contributed by atoms with Crippen LogP contribution in [0, 0.1) is 0 Å². The molecule has 5 heteroatoms. The third-order valence-corrected chi connectivity index (χ3v) is 6.42. The van der Waals surface area contributed by atoms with Crippen LogP contribution in [-0.2, 0) is 11.2 Å². The quantitative estimate of drug-likeness (QED) is 0.632. The van der Waals surface area contributed by atoms with Crippen LogP contribution >= 0.6 is 0 Å². The number of allylic oxidation sites excluding steroid dienone is 5. The third-order valence-electron chi connectivity index (χ3n) is 6.42. The Labute approximate surface area is 195 Å². The van der Waals surface area contributed by atoms with E-state index < -0.39 is 11.8 Å². The Balaban J connectivity index is 1.42. The number of hydrogen-bond donors (Lipinski definition) is 3. The zero-order valence-electron chi connectivity index (χ0n) is 19.4. The van der Waals surface area contributed by atoms with E-state index in [9.17, 15) is 5.11 Å². The number of benzene rings is 2. The lowest BCUT2D eigenvalue weighted by Crippen LogP contribution is -2.64. The summed E-state index contributed by atoms with van der Waals surface area (Å²) in [5.74, 6) is 1.71. The largest absolute Gasteiger partial charge is 0.456 e. The van der Waals surface area contributed by atoms with E-state index in [1.54, 1.807) is 0 Å². The molecule has 170 valence electrons. The van der Waals surface area contributed by atoms with Crippen LogP contribution in [0.1, 0.15) is 38.3 Å². The number of ether oxygens (including phenoxy) is 1. The predicted octanol–water partition coefficient (Wildman–Crippen LogP) is 4.62. The van der Waals surface area contributed by atoms with Gasteiger partial charge in [-0.2, -0.15) is 0 Å². The summed E-state index contributed by atoms with van der Waals surface area (Å²) in [6.07, 6.45) is 5.13. The highest BCUT2D eigenvalue weighted by atomic mass is 16.5. The lowest BCUT2D eigenvalue weighted by atomic mass is 9.90. The normalized spacial score (nSPS) is 21.5. The summed E-state index contributed by atoms with van der Waals surface area (Å²) in [5.41, 5.74) is 9.58. The van der Waals surface area contributed by atoms with Gasteiger partial charge in [-0.05, 0) is 44.4 Å². The zero-order valence-corrected chi connectivity index (χ0v) is 19.4. The molecule has 0 saturated heterocycles. The van der Waals surface area contributed by atoms with E-state index >= 15 is 0 Å². The molecule has 0 fully saturated rings. The second-order valence-corrected chi connectivity index (χ2v) is 9.43. The monoisotopic (exact) mass is 441 g/mol. The summed E-state index contributed by atoms with van der Waals surface area (Å²) >= 11 is 0. The molecule has 2 aromatic carbocycles. The van der Waals surface area contributed by atoms with E-state index in [0.717, 1.165) is 59.0 Å². The van der Waals surface area contributed by atoms with Crippen molar-refractivity contribution >= 4 is 5.76 Å². The summed E-state index contributed by atoms with van der Waals surface area (Å²) < 4.78 is 6.42. The molecule has 0 spiro atoms. The molecule has 0 saturated carbocycles. The van der Waals surface area contributed by atoms with Crippen molar-refractivity contribution in [2.45, 2.75) is 45.4 Å². The number of aliphatic hydroxyl groups is 1. The number of aliphatic hydroxyl groups excluding tert-OH is 1. The standard InChI is InChI=1S/C28H31N3O2/c1-19-16-22-17-23-24(18-25(22)33-26(19)21-12-8-5-9-13-21)31(27(32)28(2,3)30-23)29-15-14-20-10-6-4-7-11-20/h4-13,16,18,27,29-30,32H,14-15,17H2,1-3H3/t27-/m1/s1. The molecule has 0 aromatic heterocycles. The minimum atomic E-state index is -0.733. The summed E-state index contributed by atoms with van der Waals surface area (Å²) in [5, 5.41) is 16.6. The maximum absolute atomic E-state index is 11.2. The Bertz CT molecular complexity index is 1160. The first-order valence-corrected chi connectivity index (χ1v) is 11.6. The highest BCUT2D eigenvalue weighted by Crippen LogP contribution is 2.41.